The number of hydrogen-bond donors (Lipinski definition) is 1. The van der Waals surface area contributed by atoms with Crippen LogP contribution in [0.2, 0.25) is 0 Å². The summed E-state index contributed by atoms with van der Waals surface area (Å²) in [4.78, 5) is 12.7. The minimum atomic E-state index is -0.456. The van der Waals surface area contributed by atoms with Crippen molar-refractivity contribution in [2.24, 2.45) is 0 Å². The molecule has 1 saturated heterocycles. The fourth-order valence-electron chi connectivity index (χ4n) is 3.05. The highest BCUT2D eigenvalue weighted by molar-refractivity contribution is 6.62. The van der Waals surface area contributed by atoms with Gasteiger partial charge in [0.2, 0.25) is 0 Å². The molecule has 0 aliphatic carbocycles. The van der Waals surface area contributed by atoms with E-state index in [0.29, 0.717) is 5.56 Å². The highest BCUT2D eigenvalue weighted by atomic mass is 16.7. The Morgan fingerprint density at radius 3 is 1.93 bits per heavy atom. The van der Waals surface area contributed by atoms with Gasteiger partial charge in [0.05, 0.1) is 16.7 Å². The van der Waals surface area contributed by atoms with Gasteiger partial charge in [0, 0.05) is 5.56 Å². The molecule has 4 nitrogen and oxygen atoms in total. The normalized spacial score (nSPS) is 18.4. The van der Waals surface area contributed by atoms with Gasteiger partial charge in [-0.15, -0.1) is 0 Å². The summed E-state index contributed by atoms with van der Waals surface area (Å²) < 4.78 is 12.1. The quantitative estimate of drug-likeness (QED) is 0.842. The van der Waals surface area contributed by atoms with Crippen molar-refractivity contribution >= 4 is 18.5 Å². The third-order valence-corrected chi connectivity index (χ3v) is 5.62. The van der Waals surface area contributed by atoms with Gasteiger partial charge < -0.3 is 14.6 Å². The fraction of sp³-hybridized carbons (Fsp3) is 0.409. The Bertz CT molecular complexity index is 797. The predicted octanol–water partition coefficient (Wildman–Crippen LogP) is 3.65. The van der Waals surface area contributed by atoms with Crippen LogP contribution in [0.15, 0.2) is 54.6 Å². The van der Waals surface area contributed by atoms with Gasteiger partial charge in [0.1, 0.15) is 0 Å². The molecule has 0 atom stereocenters. The lowest BCUT2D eigenvalue weighted by atomic mass is 9.79. The van der Waals surface area contributed by atoms with Gasteiger partial charge in [-0.05, 0) is 64.7 Å². The van der Waals surface area contributed by atoms with Crippen LogP contribution in [-0.4, -0.2) is 24.2 Å². The van der Waals surface area contributed by atoms with Gasteiger partial charge in [-0.1, -0.05) is 42.5 Å². The van der Waals surface area contributed by atoms with E-state index in [0.717, 1.165) is 11.0 Å². The van der Waals surface area contributed by atoms with E-state index in [-0.39, 0.29) is 17.1 Å². The molecule has 2 aromatic rings. The van der Waals surface area contributed by atoms with Crippen LogP contribution < -0.4 is 10.8 Å². The molecule has 0 radical (unpaired) electrons. The molecule has 3 rings (SSSR count). The number of carbonyl (C=O) groups excluding carboxylic acids is 1. The van der Waals surface area contributed by atoms with Crippen molar-refractivity contribution in [3.63, 3.8) is 0 Å². The summed E-state index contributed by atoms with van der Waals surface area (Å²) >= 11 is 0. The van der Waals surface area contributed by atoms with Crippen molar-refractivity contribution < 1.29 is 14.1 Å². The number of rotatable bonds is 4. The number of nitrogens with one attached hydrogen (secondary N) is 1. The average Bonchev–Trinajstić information content (AvgIpc) is 2.83. The van der Waals surface area contributed by atoms with Crippen molar-refractivity contribution in [2.75, 3.05) is 0 Å². The first-order valence-corrected chi connectivity index (χ1v) is 9.35. The molecule has 0 bridgehead atoms. The number of carbonyl (C=O) groups is 1. The van der Waals surface area contributed by atoms with E-state index in [4.69, 9.17) is 9.31 Å². The lowest BCUT2D eigenvalue weighted by molar-refractivity contribution is 0.00578. The molecule has 142 valence electrons. The van der Waals surface area contributed by atoms with E-state index in [1.165, 1.54) is 0 Å². The van der Waals surface area contributed by atoms with E-state index in [2.05, 4.69) is 5.32 Å². The Morgan fingerprint density at radius 1 is 0.889 bits per heavy atom. The molecule has 2 aromatic carbocycles. The van der Waals surface area contributed by atoms with Crippen molar-refractivity contribution in [2.45, 2.75) is 58.3 Å². The maximum Gasteiger partial charge on any atom is 0.494 e. The van der Waals surface area contributed by atoms with Crippen molar-refractivity contribution in [3.8, 4) is 0 Å². The Labute approximate surface area is 162 Å². The van der Waals surface area contributed by atoms with E-state index in [1.54, 1.807) is 0 Å². The SMILES string of the molecule is CC(C)(NC(=O)c1ccc(B2OC(C)(C)C(C)(C)O2)cc1)c1ccccc1. The third-order valence-electron chi connectivity index (χ3n) is 5.62. The van der Waals surface area contributed by atoms with Crippen LogP contribution >= 0.6 is 0 Å². The Kier molecular flexibility index (Phi) is 4.95. The largest absolute Gasteiger partial charge is 0.494 e. The molecule has 1 aliphatic heterocycles. The minimum absolute atomic E-state index is 0.107. The molecule has 1 amide bonds. The van der Waals surface area contributed by atoms with E-state index in [1.807, 2.05) is 96.1 Å². The van der Waals surface area contributed by atoms with Crippen molar-refractivity contribution in [1.82, 2.24) is 5.32 Å². The molecule has 0 aromatic heterocycles. The molecule has 0 saturated carbocycles. The van der Waals surface area contributed by atoms with Crippen LogP contribution in [0.25, 0.3) is 0 Å². The zero-order valence-corrected chi connectivity index (χ0v) is 17.0. The van der Waals surface area contributed by atoms with Gasteiger partial charge in [-0.2, -0.15) is 0 Å². The number of amides is 1. The monoisotopic (exact) mass is 365 g/mol. The molecular weight excluding hydrogens is 337 g/mol. The van der Waals surface area contributed by atoms with Crippen LogP contribution in [-0.2, 0) is 14.8 Å². The van der Waals surface area contributed by atoms with Crippen molar-refractivity contribution in [3.05, 3.63) is 65.7 Å². The second-order valence-corrected chi connectivity index (χ2v) is 8.66. The van der Waals surface area contributed by atoms with Gasteiger partial charge in [0.15, 0.2) is 0 Å². The summed E-state index contributed by atoms with van der Waals surface area (Å²) in [6.45, 7) is 12.1. The summed E-state index contributed by atoms with van der Waals surface area (Å²) in [6, 6.07) is 17.4. The van der Waals surface area contributed by atoms with Crippen LogP contribution in [0.3, 0.4) is 0 Å². The minimum Gasteiger partial charge on any atom is -0.399 e. The molecule has 0 unspecified atom stereocenters. The lowest BCUT2D eigenvalue weighted by Gasteiger charge is -2.32. The molecule has 0 spiro atoms. The standard InChI is InChI=1S/C22H28BNO3/c1-20(2,17-10-8-7-9-11-17)24-19(25)16-12-14-18(15-13-16)23-26-21(3,4)22(5,6)27-23/h7-15H,1-6H3,(H,24,25). The average molecular weight is 365 g/mol. The van der Waals surface area contributed by atoms with E-state index in [9.17, 15) is 4.79 Å². The van der Waals surface area contributed by atoms with Gasteiger partial charge in [-0.25, -0.2) is 0 Å². The maximum absolute atomic E-state index is 12.7. The molecule has 1 aliphatic rings. The van der Waals surface area contributed by atoms with Crippen LogP contribution in [0.5, 0.6) is 0 Å². The van der Waals surface area contributed by atoms with Crippen LogP contribution in [0.1, 0.15) is 57.5 Å². The fourth-order valence-corrected chi connectivity index (χ4v) is 3.05. The highest BCUT2D eigenvalue weighted by Gasteiger charge is 2.51. The number of hydrogen-bond acceptors (Lipinski definition) is 3. The summed E-state index contributed by atoms with van der Waals surface area (Å²) in [7, 11) is -0.423. The van der Waals surface area contributed by atoms with Gasteiger partial charge in [-0.3, -0.25) is 4.79 Å². The van der Waals surface area contributed by atoms with Gasteiger partial charge >= 0.3 is 7.12 Å². The van der Waals surface area contributed by atoms with Crippen LogP contribution in [0.4, 0.5) is 0 Å². The molecule has 27 heavy (non-hydrogen) atoms. The smallest absolute Gasteiger partial charge is 0.399 e. The molecular formula is C22H28BNO3. The highest BCUT2D eigenvalue weighted by Crippen LogP contribution is 2.36. The second-order valence-electron chi connectivity index (χ2n) is 8.66. The number of benzene rings is 2. The van der Waals surface area contributed by atoms with E-state index >= 15 is 0 Å². The molecule has 1 fully saturated rings. The van der Waals surface area contributed by atoms with E-state index < -0.39 is 12.7 Å². The summed E-state index contributed by atoms with van der Waals surface area (Å²) in [5.41, 5.74) is 1.36. The van der Waals surface area contributed by atoms with Crippen LogP contribution in [0, 0.1) is 0 Å². The first-order chi connectivity index (χ1) is 12.5. The topological polar surface area (TPSA) is 47.6 Å². The molecule has 5 heteroatoms. The third kappa shape index (κ3) is 3.94. The second kappa shape index (κ2) is 6.81. The van der Waals surface area contributed by atoms with Gasteiger partial charge in [0.25, 0.3) is 5.91 Å². The maximum atomic E-state index is 12.7. The first-order valence-electron chi connectivity index (χ1n) is 9.35. The predicted molar refractivity (Wildman–Crippen MR) is 109 cm³/mol. The Hall–Kier alpha value is -2.11. The molecule has 1 heterocycles. The zero-order chi connectivity index (χ0) is 19.9. The lowest BCUT2D eigenvalue weighted by Crippen LogP contribution is -2.41. The summed E-state index contributed by atoms with van der Waals surface area (Å²) in [5, 5.41) is 3.10. The first kappa shape index (κ1) is 19.7. The summed E-state index contributed by atoms with van der Waals surface area (Å²) in [5.74, 6) is -0.107. The molecule has 1 N–H and O–H groups in total. The zero-order valence-electron chi connectivity index (χ0n) is 17.0. The summed E-state index contributed by atoms with van der Waals surface area (Å²) in [6.07, 6.45) is 0. The van der Waals surface area contributed by atoms with Crippen molar-refractivity contribution in [1.29, 1.82) is 0 Å². The Morgan fingerprint density at radius 2 is 1.41 bits per heavy atom. The Balaban J connectivity index is 1.72.